The number of ether oxygens (including phenoxy) is 1. The van der Waals surface area contributed by atoms with E-state index >= 15 is 0 Å². The molecule has 0 spiro atoms. The van der Waals surface area contributed by atoms with Gasteiger partial charge in [0.2, 0.25) is 5.91 Å². The van der Waals surface area contributed by atoms with Gasteiger partial charge in [-0.25, -0.2) is 0 Å². The third-order valence-corrected chi connectivity index (χ3v) is 4.22. The number of hydrogen-bond acceptors (Lipinski definition) is 3. The van der Waals surface area contributed by atoms with Crippen molar-refractivity contribution in [2.24, 2.45) is 0 Å². The normalized spacial score (nSPS) is 12.8. The van der Waals surface area contributed by atoms with Gasteiger partial charge in [-0.05, 0) is 34.9 Å². The van der Waals surface area contributed by atoms with E-state index in [1.807, 2.05) is 0 Å². The Labute approximate surface area is 140 Å². The molecule has 2 aromatic carbocycles. The van der Waals surface area contributed by atoms with Crippen LogP contribution >= 0.6 is 11.6 Å². The Hall–Kier alpha value is -2.04. The lowest BCUT2D eigenvalue weighted by Gasteiger charge is -2.10. The molecule has 1 aliphatic rings. The van der Waals surface area contributed by atoms with Gasteiger partial charge in [0.05, 0.1) is 13.5 Å². The molecule has 0 saturated carbocycles. The highest BCUT2D eigenvalue weighted by Crippen LogP contribution is 2.23. The second-order valence-corrected chi connectivity index (χ2v) is 6.05. The van der Waals surface area contributed by atoms with E-state index < -0.39 is 0 Å². The molecule has 3 rings (SSSR count). The first-order valence-electron chi connectivity index (χ1n) is 7.56. The van der Waals surface area contributed by atoms with Crippen LogP contribution in [-0.4, -0.2) is 13.0 Å². The first kappa shape index (κ1) is 15.8. The lowest BCUT2D eigenvalue weighted by Crippen LogP contribution is -2.24. The van der Waals surface area contributed by atoms with Crippen molar-refractivity contribution < 1.29 is 9.53 Å². The van der Waals surface area contributed by atoms with Crippen LogP contribution in [0.25, 0.3) is 0 Å². The van der Waals surface area contributed by atoms with Crippen molar-refractivity contribution >= 4 is 17.5 Å². The van der Waals surface area contributed by atoms with E-state index in [0.717, 1.165) is 24.2 Å². The van der Waals surface area contributed by atoms with Gasteiger partial charge in [-0.1, -0.05) is 29.8 Å². The molecule has 2 N–H and O–H groups in total. The highest BCUT2D eigenvalue weighted by atomic mass is 35.5. The maximum absolute atomic E-state index is 12.2. The van der Waals surface area contributed by atoms with Crippen LogP contribution in [0.4, 0.5) is 0 Å². The number of halogens is 1. The first-order valence-corrected chi connectivity index (χ1v) is 7.94. The van der Waals surface area contributed by atoms with Crippen LogP contribution in [0.2, 0.25) is 5.02 Å². The second-order valence-electron chi connectivity index (χ2n) is 5.62. The van der Waals surface area contributed by atoms with Crippen molar-refractivity contribution in [1.29, 1.82) is 0 Å². The smallest absolute Gasteiger partial charge is 0.224 e. The summed E-state index contributed by atoms with van der Waals surface area (Å²) in [6, 6.07) is 11.6. The molecular formula is C18H19ClN2O2. The topological polar surface area (TPSA) is 50.4 Å². The summed E-state index contributed by atoms with van der Waals surface area (Å²) < 4.78 is 5.27. The Bertz CT molecular complexity index is 731. The zero-order valence-electron chi connectivity index (χ0n) is 13.0. The summed E-state index contributed by atoms with van der Waals surface area (Å²) in [4.78, 5) is 12.2. The van der Waals surface area contributed by atoms with Crippen molar-refractivity contribution in [1.82, 2.24) is 10.6 Å². The van der Waals surface area contributed by atoms with Gasteiger partial charge in [0.25, 0.3) is 0 Å². The van der Waals surface area contributed by atoms with E-state index in [0.29, 0.717) is 17.3 Å². The molecule has 1 aliphatic heterocycles. The lowest BCUT2D eigenvalue weighted by molar-refractivity contribution is -0.120. The number of nitrogens with one attached hydrogen (secondary N) is 2. The third kappa shape index (κ3) is 3.84. The van der Waals surface area contributed by atoms with Crippen molar-refractivity contribution in [3.05, 3.63) is 63.7 Å². The van der Waals surface area contributed by atoms with Crippen LogP contribution in [0.3, 0.4) is 0 Å². The predicted molar refractivity (Wildman–Crippen MR) is 90.5 cm³/mol. The van der Waals surface area contributed by atoms with Crippen molar-refractivity contribution in [2.75, 3.05) is 7.11 Å². The Morgan fingerprint density at radius 2 is 2.04 bits per heavy atom. The summed E-state index contributed by atoms with van der Waals surface area (Å²) in [5.41, 5.74) is 4.55. The summed E-state index contributed by atoms with van der Waals surface area (Å²) in [7, 11) is 1.59. The van der Waals surface area contributed by atoms with E-state index in [9.17, 15) is 4.79 Å². The Kier molecular flexibility index (Phi) is 4.84. The number of fused-ring (bicyclic) bond motifs is 1. The number of hydrogen-bond donors (Lipinski definition) is 2. The van der Waals surface area contributed by atoms with Gasteiger partial charge >= 0.3 is 0 Å². The van der Waals surface area contributed by atoms with Gasteiger partial charge in [-0.2, -0.15) is 0 Å². The van der Waals surface area contributed by atoms with Gasteiger partial charge in [0.15, 0.2) is 0 Å². The fraction of sp³-hybridized carbons (Fsp3) is 0.278. The Morgan fingerprint density at radius 1 is 1.22 bits per heavy atom. The summed E-state index contributed by atoms with van der Waals surface area (Å²) in [6.07, 6.45) is 0.246. The minimum Gasteiger partial charge on any atom is -0.496 e. The maximum Gasteiger partial charge on any atom is 0.224 e. The van der Waals surface area contributed by atoms with Crippen LogP contribution in [0.5, 0.6) is 5.75 Å². The molecule has 0 atom stereocenters. The van der Waals surface area contributed by atoms with E-state index in [2.05, 4.69) is 28.8 Å². The number of methoxy groups -OCH3 is 1. The molecule has 0 fully saturated rings. The average Bonchev–Trinajstić information content (AvgIpc) is 3.01. The second kappa shape index (κ2) is 7.02. The molecule has 5 heteroatoms. The Balaban J connectivity index is 1.61. The zero-order chi connectivity index (χ0) is 16.2. The van der Waals surface area contributed by atoms with E-state index in [1.54, 1.807) is 25.3 Å². The summed E-state index contributed by atoms with van der Waals surface area (Å²) in [6.45, 7) is 2.35. The number of rotatable bonds is 5. The largest absolute Gasteiger partial charge is 0.496 e. The SMILES string of the molecule is COc1ccc(Cl)cc1CC(=O)NCc1ccc2c(c1)CNC2. The number of carbonyl (C=O) groups excluding carboxylic acids is 1. The van der Waals surface area contributed by atoms with Crippen molar-refractivity contribution in [3.63, 3.8) is 0 Å². The molecule has 0 saturated heterocycles. The van der Waals surface area contributed by atoms with Crippen molar-refractivity contribution in [3.8, 4) is 5.75 Å². The predicted octanol–water partition coefficient (Wildman–Crippen LogP) is 2.81. The molecule has 2 aromatic rings. The molecule has 120 valence electrons. The minimum absolute atomic E-state index is 0.0517. The van der Waals surface area contributed by atoms with E-state index in [4.69, 9.17) is 16.3 Å². The number of carbonyl (C=O) groups is 1. The summed E-state index contributed by atoms with van der Waals surface area (Å²) >= 11 is 5.99. The van der Waals surface area contributed by atoms with Crippen LogP contribution in [0.1, 0.15) is 22.3 Å². The van der Waals surface area contributed by atoms with E-state index in [1.165, 1.54) is 11.1 Å². The highest BCUT2D eigenvalue weighted by molar-refractivity contribution is 6.30. The van der Waals surface area contributed by atoms with Gasteiger partial charge in [-0.15, -0.1) is 0 Å². The van der Waals surface area contributed by atoms with Crippen LogP contribution in [0, 0.1) is 0 Å². The molecule has 0 aliphatic carbocycles. The van der Waals surface area contributed by atoms with Gasteiger partial charge in [0, 0.05) is 30.2 Å². The van der Waals surface area contributed by atoms with Crippen LogP contribution in [0.15, 0.2) is 36.4 Å². The fourth-order valence-corrected chi connectivity index (χ4v) is 2.97. The molecule has 0 bridgehead atoms. The third-order valence-electron chi connectivity index (χ3n) is 3.98. The average molecular weight is 331 g/mol. The van der Waals surface area contributed by atoms with Crippen LogP contribution in [-0.2, 0) is 30.8 Å². The molecule has 0 radical (unpaired) electrons. The molecule has 0 aromatic heterocycles. The molecule has 23 heavy (non-hydrogen) atoms. The standard InChI is InChI=1S/C18H19ClN2O2/c1-23-17-5-4-16(19)7-14(17)8-18(22)21-9-12-2-3-13-10-20-11-15(13)6-12/h2-7,20H,8-11H2,1H3,(H,21,22). The van der Waals surface area contributed by atoms with Crippen molar-refractivity contribution in [2.45, 2.75) is 26.1 Å². The summed E-state index contributed by atoms with van der Waals surface area (Å²) in [5.74, 6) is 0.623. The first-order chi connectivity index (χ1) is 11.2. The maximum atomic E-state index is 12.2. The van der Waals surface area contributed by atoms with Gasteiger partial charge < -0.3 is 15.4 Å². The van der Waals surface area contributed by atoms with Gasteiger partial charge in [-0.3, -0.25) is 4.79 Å². The number of amides is 1. The molecule has 0 unspecified atom stereocenters. The zero-order valence-corrected chi connectivity index (χ0v) is 13.7. The molecule has 1 amide bonds. The molecule has 1 heterocycles. The monoisotopic (exact) mass is 330 g/mol. The van der Waals surface area contributed by atoms with E-state index in [-0.39, 0.29) is 12.3 Å². The quantitative estimate of drug-likeness (QED) is 0.886. The fourth-order valence-electron chi connectivity index (χ4n) is 2.78. The highest BCUT2D eigenvalue weighted by Gasteiger charge is 2.12. The lowest BCUT2D eigenvalue weighted by atomic mass is 10.1. The minimum atomic E-state index is -0.0517. The van der Waals surface area contributed by atoms with Gasteiger partial charge in [0.1, 0.15) is 5.75 Å². The number of benzene rings is 2. The Morgan fingerprint density at radius 3 is 2.87 bits per heavy atom. The molecular weight excluding hydrogens is 312 g/mol. The summed E-state index contributed by atoms with van der Waals surface area (Å²) in [5, 5.41) is 6.87. The molecule has 4 nitrogen and oxygen atoms in total. The van der Waals surface area contributed by atoms with Crippen LogP contribution < -0.4 is 15.4 Å².